The lowest BCUT2D eigenvalue weighted by Gasteiger charge is -2.29. The molecule has 3 atom stereocenters. The summed E-state index contributed by atoms with van der Waals surface area (Å²) in [6, 6.07) is 7.39. The van der Waals surface area contributed by atoms with Gasteiger partial charge in [-0.05, 0) is 43.7 Å². The van der Waals surface area contributed by atoms with Gasteiger partial charge in [-0.2, -0.15) is 0 Å². The zero-order valence-corrected chi connectivity index (χ0v) is 20.4. The molecule has 4 N–H and O–H groups in total. The number of aromatic nitrogens is 1. The van der Waals surface area contributed by atoms with Crippen LogP contribution in [0.2, 0.25) is 0 Å². The number of nitrogens with zero attached hydrogens (tertiary/aromatic N) is 2. The second-order valence-corrected chi connectivity index (χ2v) is 9.67. The van der Waals surface area contributed by atoms with E-state index in [1.807, 2.05) is 57.5 Å². The van der Waals surface area contributed by atoms with Crippen LogP contribution in [0.5, 0.6) is 0 Å². The van der Waals surface area contributed by atoms with E-state index in [9.17, 15) is 9.59 Å². The second kappa shape index (κ2) is 10.7. The Morgan fingerprint density at radius 1 is 1.27 bits per heavy atom. The third-order valence-corrected chi connectivity index (χ3v) is 7.12. The SMILES string of the molecule is Cc1ncsc1-c1ccc([C@H](C)NC(=O)[C@@H]2CCCN2C(=O)C(/C([OH2+])=C/C=N)C(C)C)cc1. The number of rotatable bonds is 8. The van der Waals surface area contributed by atoms with E-state index in [2.05, 4.69) is 10.3 Å². The van der Waals surface area contributed by atoms with Gasteiger partial charge in [-0.25, -0.2) is 4.98 Å². The number of aryl methyl sites for hydroxylation is 1. The van der Waals surface area contributed by atoms with E-state index in [4.69, 9.17) is 10.5 Å². The number of hydrogen-bond acceptors (Lipinski definition) is 5. The van der Waals surface area contributed by atoms with Gasteiger partial charge >= 0.3 is 0 Å². The van der Waals surface area contributed by atoms with Gasteiger partial charge in [0.2, 0.25) is 17.6 Å². The monoisotopic (exact) mass is 469 g/mol. The van der Waals surface area contributed by atoms with Crippen molar-refractivity contribution in [3.05, 3.63) is 52.9 Å². The van der Waals surface area contributed by atoms with Crippen LogP contribution in [-0.4, -0.2) is 45.6 Å². The predicted octanol–water partition coefficient (Wildman–Crippen LogP) is 3.82. The van der Waals surface area contributed by atoms with Gasteiger partial charge in [-0.1, -0.05) is 38.1 Å². The van der Waals surface area contributed by atoms with Crippen molar-refractivity contribution < 1.29 is 14.7 Å². The van der Waals surface area contributed by atoms with Crippen LogP contribution in [0.25, 0.3) is 10.4 Å². The van der Waals surface area contributed by atoms with Gasteiger partial charge < -0.3 is 20.7 Å². The molecule has 2 heterocycles. The molecule has 0 saturated carbocycles. The normalized spacial score (nSPS) is 18.3. The minimum absolute atomic E-state index is 0.0925. The number of benzene rings is 1. The van der Waals surface area contributed by atoms with Gasteiger partial charge in [-0.15, -0.1) is 11.3 Å². The summed E-state index contributed by atoms with van der Waals surface area (Å²) in [6.07, 6.45) is 3.74. The number of carbonyl (C=O) groups excluding carboxylic acids is 2. The second-order valence-electron chi connectivity index (χ2n) is 8.82. The average molecular weight is 470 g/mol. The molecule has 2 aromatic rings. The molecule has 8 heteroatoms. The Kier molecular flexibility index (Phi) is 8.02. The molecule has 2 amide bonds. The van der Waals surface area contributed by atoms with Gasteiger partial charge in [0.15, 0.2) is 0 Å². The van der Waals surface area contributed by atoms with E-state index in [1.165, 1.54) is 6.08 Å². The molecule has 0 aliphatic carbocycles. The van der Waals surface area contributed by atoms with Crippen molar-refractivity contribution in [1.29, 1.82) is 5.41 Å². The standard InChI is InChI=1S/C25H32N4O3S/c1-15(2)22(21(30)11-12-26)25(32)29-13-5-6-20(29)24(31)28-16(3)18-7-9-19(10-8-18)23-17(4)27-14-33-23/h7-12,14-16,20,22,26,30H,5-6,13H2,1-4H3,(H,28,31)/p+1/b21-11-,26-12?/t16-,20-,22?/m0/s1. The van der Waals surface area contributed by atoms with Crippen LogP contribution in [0.1, 0.15) is 50.9 Å². The molecule has 1 aromatic heterocycles. The largest absolute Gasteiger partial charge is 0.596 e. The Bertz CT molecular complexity index is 1030. The summed E-state index contributed by atoms with van der Waals surface area (Å²) in [5.74, 6) is -1.01. The summed E-state index contributed by atoms with van der Waals surface area (Å²) in [7, 11) is 0. The van der Waals surface area contributed by atoms with E-state index >= 15 is 0 Å². The van der Waals surface area contributed by atoms with Crippen molar-refractivity contribution in [3.8, 4) is 10.4 Å². The summed E-state index contributed by atoms with van der Waals surface area (Å²) in [6.45, 7) is 8.22. The fourth-order valence-corrected chi connectivity index (χ4v) is 5.16. The van der Waals surface area contributed by atoms with Crippen LogP contribution in [0.3, 0.4) is 0 Å². The Balaban J connectivity index is 1.69. The molecule has 1 aliphatic rings. The fourth-order valence-electron chi connectivity index (χ4n) is 4.35. The highest BCUT2D eigenvalue weighted by molar-refractivity contribution is 7.13. The number of allylic oxidation sites excluding steroid dienone is 1. The van der Waals surface area contributed by atoms with Gasteiger partial charge in [0.05, 0.1) is 22.1 Å². The zero-order valence-electron chi connectivity index (χ0n) is 19.6. The fraction of sp³-hybridized carbons (Fsp3) is 0.440. The molecule has 176 valence electrons. The van der Waals surface area contributed by atoms with Crippen molar-refractivity contribution in [2.45, 2.75) is 52.6 Å². The molecule has 0 radical (unpaired) electrons. The minimum atomic E-state index is -0.653. The van der Waals surface area contributed by atoms with Gasteiger partial charge in [0.1, 0.15) is 12.0 Å². The van der Waals surface area contributed by atoms with Crippen LogP contribution in [0.4, 0.5) is 0 Å². The Labute approximate surface area is 199 Å². The maximum absolute atomic E-state index is 13.3. The number of likely N-dealkylation sites (tertiary alicyclic amines) is 1. The Hall–Kier alpha value is -3.00. The summed E-state index contributed by atoms with van der Waals surface area (Å²) in [5, 5.41) is 18.5. The number of hydrogen-bond donors (Lipinski definition) is 2. The average Bonchev–Trinajstić information content (AvgIpc) is 3.43. The third kappa shape index (κ3) is 5.50. The highest BCUT2D eigenvalue weighted by Crippen LogP contribution is 2.29. The first kappa shape index (κ1) is 24.6. The Morgan fingerprint density at radius 2 is 1.97 bits per heavy atom. The molecule has 33 heavy (non-hydrogen) atoms. The zero-order chi connectivity index (χ0) is 24.1. The van der Waals surface area contributed by atoms with E-state index in [1.54, 1.807) is 16.2 Å². The van der Waals surface area contributed by atoms with Crippen molar-refractivity contribution >= 4 is 29.4 Å². The highest BCUT2D eigenvalue weighted by atomic mass is 32.1. The summed E-state index contributed by atoms with van der Waals surface area (Å²) in [5.41, 5.74) is 4.94. The summed E-state index contributed by atoms with van der Waals surface area (Å²) in [4.78, 5) is 33.4. The topological polar surface area (TPSA) is 109 Å². The lowest BCUT2D eigenvalue weighted by atomic mass is 9.91. The van der Waals surface area contributed by atoms with Crippen molar-refractivity contribution in [1.82, 2.24) is 15.2 Å². The summed E-state index contributed by atoms with van der Waals surface area (Å²) >= 11 is 1.61. The van der Waals surface area contributed by atoms with Crippen LogP contribution < -0.4 is 5.32 Å². The van der Waals surface area contributed by atoms with Crippen LogP contribution in [-0.2, 0) is 9.59 Å². The molecular formula is C25H33N4O3S+. The molecular weight excluding hydrogens is 436 g/mol. The van der Waals surface area contributed by atoms with E-state index in [-0.39, 0.29) is 29.5 Å². The molecule has 7 nitrogen and oxygen atoms in total. The number of nitrogens with one attached hydrogen (secondary N) is 2. The Morgan fingerprint density at radius 3 is 2.55 bits per heavy atom. The van der Waals surface area contributed by atoms with E-state index < -0.39 is 12.0 Å². The number of carbonyl (C=O) groups is 2. The quantitative estimate of drug-likeness (QED) is 0.348. The lowest BCUT2D eigenvalue weighted by molar-refractivity contribution is -0.142. The summed E-state index contributed by atoms with van der Waals surface area (Å²) < 4.78 is 0. The minimum Gasteiger partial charge on any atom is -0.596 e. The lowest BCUT2D eigenvalue weighted by Crippen LogP contribution is -2.49. The van der Waals surface area contributed by atoms with Crippen LogP contribution in [0.15, 0.2) is 41.6 Å². The third-order valence-electron chi connectivity index (χ3n) is 6.15. The number of thiazole rings is 1. The predicted molar refractivity (Wildman–Crippen MR) is 132 cm³/mol. The maximum atomic E-state index is 13.3. The number of amides is 2. The van der Waals surface area contributed by atoms with Crippen molar-refractivity contribution in [2.24, 2.45) is 11.8 Å². The molecule has 1 aliphatic heterocycles. The molecule has 0 bridgehead atoms. The first-order valence-electron chi connectivity index (χ1n) is 11.3. The molecule has 0 spiro atoms. The van der Waals surface area contributed by atoms with Crippen LogP contribution >= 0.6 is 11.3 Å². The molecule has 1 unspecified atom stereocenters. The molecule has 3 rings (SSSR count). The molecule has 1 saturated heterocycles. The van der Waals surface area contributed by atoms with Crippen molar-refractivity contribution in [3.63, 3.8) is 0 Å². The first-order chi connectivity index (χ1) is 15.7. The van der Waals surface area contributed by atoms with Gasteiger partial charge in [0, 0.05) is 18.8 Å². The van der Waals surface area contributed by atoms with Crippen LogP contribution in [0, 0.1) is 24.2 Å². The van der Waals surface area contributed by atoms with Crippen molar-refractivity contribution in [2.75, 3.05) is 6.54 Å². The molecule has 1 aromatic carbocycles. The van der Waals surface area contributed by atoms with Gasteiger partial charge in [0.25, 0.3) is 0 Å². The van der Waals surface area contributed by atoms with E-state index in [0.717, 1.165) is 34.3 Å². The maximum Gasteiger partial charge on any atom is 0.243 e. The molecule has 1 fully saturated rings. The van der Waals surface area contributed by atoms with Gasteiger partial charge in [-0.3, -0.25) is 9.59 Å². The first-order valence-corrected chi connectivity index (χ1v) is 12.2. The van der Waals surface area contributed by atoms with E-state index in [0.29, 0.717) is 13.0 Å². The smallest absolute Gasteiger partial charge is 0.243 e. The highest BCUT2D eigenvalue weighted by Gasteiger charge is 2.41.